The van der Waals surface area contributed by atoms with E-state index in [4.69, 9.17) is 46.4 Å². The zero-order chi connectivity index (χ0) is 18.4. The molecule has 0 saturated heterocycles. The zero-order valence-electron chi connectivity index (χ0n) is 12.2. The lowest BCUT2D eigenvalue weighted by Gasteiger charge is -2.17. The molecule has 9 heteroatoms. The molecule has 0 radical (unpaired) electrons. The first kappa shape index (κ1) is 18.0. The number of nitrogens with one attached hydrogen (secondary N) is 1. The van der Waals surface area contributed by atoms with E-state index in [0.717, 1.165) is 4.90 Å². The van der Waals surface area contributed by atoms with Crippen LogP contribution in [0.15, 0.2) is 42.5 Å². The molecule has 128 valence electrons. The van der Waals surface area contributed by atoms with E-state index >= 15 is 0 Å². The van der Waals surface area contributed by atoms with Gasteiger partial charge in [0.05, 0.1) is 27.5 Å². The Kier molecular flexibility index (Phi) is 4.68. The summed E-state index contributed by atoms with van der Waals surface area (Å²) in [5, 5.41) is 2.43. The van der Waals surface area contributed by atoms with E-state index in [2.05, 4.69) is 5.32 Å². The molecule has 0 saturated carbocycles. The van der Waals surface area contributed by atoms with E-state index in [1.165, 1.54) is 18.2 Å². The van der Waals surface area contributed by atoms with Gasteiger partial charge in [0.2, 0.25) is 0 Å². The smallest absolute Gasteiger partial charge is 0.276 e. The summed E-state index contributed by atoms with van der Waals surface area (Å²) in [6, 6.07) is 10.7. The third kappa shape index (κ3) is 3.33. The molecule has 2 aromatic carbocycles. The first-order valence-corrected chi connectivity index (χ1v) is 8.37. The lowest BCUT2D eigenvalue weighted by atomic mass is 10.1. The number of hydrogen-bond donors (Lipinski definition) is 1. The van der Waals surface area contributed by atoms with Crippen molar-refractivity contribution < 1.29 is 14.4 Å². The third-order valence-corrected chi connectivity index (χ3v) is 4.34. The van der Waals surface area contributed by atoms with Crippen LogP contribution in [0.4, 0.5) is 11.4 Å². The van der Waals surface area contributed by atoms with Gasteiger partial charge < -0.3 is 5.32 Å². The number of fused-ring (bicyclic) bond motifs is 1. The number of alkyl halides is 3. The van der Waals surface area contributed by atoms with Crippen LogP contribution in [0.1, 0.15) is 20.7 Å². The van der Waals surface area contributed by atoms with Gasteiger partial charge in [-0.05, 0) is 30.3 Å². The molecule has 25 heavy (non-hydrogen) atoms. The highest BCUT2D eigenvalue weighted by atomic mass is 35.6. The quantitative estimate of drug-likeness (QED) is 0.579. The largest absolute Gasteiger partial charge is 0.321 e. The number of carbonyl (C=O) groups is 3. The molecule has 3 amide bonds. The first-order valence-electron chi connectivity index (χ1n) is 6.85. The van der Waals surface area contributed by atoms with E-state index in [1.54, 1.807) is 24.3 Å². The Morgan fingerprint density at radius 3 is 2.00 bits per heavy atom. The van der Waals surface area contributed by atoms with Crippen molar-refractivity contribution in [1.29, 1.82) is 0 Å². The summed E-state index contributed by atoms with van der Waals surface area (Å²) in [7, 11) is 0. The van der Waals surface area contributed by atoms with E-state index in [0.29, 0.717) is 11.1 Å². The SMILES string of the molecule is O=C1c2ccccc2C(=O)N1c1ccc(NC(=O)C(Cl)(Cl)Cl)c(Cl)c1. The molecular formula is C16H8Cl4N2O3. The van der Waals surface area contributed by atoms with Crippen molar-refractivity contribution in [2.75, 3.05) is 10.2 Å². The minimum absolute atomic E-state index is 0.0802. The Hall–Kier alpha value is -1.79. The van der Waals surface area contributed by atoms with Gasteiger partial charge >= 0.3 is 0 Å². The fourth-order valence-electron chi connectivity index (χ4n) is 2.36. The normalized spacial score (nSPS) is 13.8. The molecule has 5 nitrogen and oxygen atoms in total. The zero-order valence-corrected chi connectivity index (χ0v) is 15.2. The van der Waals surface area contributed by atoms with Crippen LogP contribution in [-0.2, 0) is 4.79 Å². The maximum absolute atomic E-state index is 12.5. The van der Waals surface area contributed by atoms with E-state index in [1.807, 2.05) is 0 Å². The van der Waals surface area contributed by atoms with Crippen LogP contribution in [0.2, 0.25) is 5.02 Å². The van der Waals surface area contributed by atoms with Gasteiger partial charge in [-0.3, -0.25) is 14.4 Å². The summed E-state index contributed by atoms with van der Waals surface area (Å²) < 4.78 is -2.15. The summed E-state index contributed by atoms with van der Waals surface area (Å²) in [5.74, 6) is -1.78. The highest BCUT2D eigenvalue weighted by Gasteiger charge is 2.36. The molecule has 0 fully saturated rings. The molecule has 3 rings (SSSR count). The number of halogens is 4. The van der Waals surface area contributed by atoms with E-state index in [-0.39, 0.29) is 16.4 Å². The van der Waals surface area contributed by atoms with Crippen LogP contribution in [0.5, 0.6) is 0 Å². The van der Waals surface area contributed by atoms with Crippen LogP contribution >= 0.6 is 46.4 Å². The Balaban J connectivity index is 1.91. The maximum Gasteiger partial charge on any atom is 0.276 e. The monoisotopic (exact) mass is 416 g/mol. The summed E-state index contributed by atoms with van der Waals surface area (Å²) in [6.45, 7) is 0. The topological polar surface area (TPSA) is 66.5 Å². The van der Waals surface area contributed by atoms with Crippen LogP contribution < -0.4 is 10.2 Å². The van der Waals surface area contributed by atoms with Crippen LogP contribution in [0, 0.1) is 0 Å². The molecular weight excluding hydrogens is 410 g/mol. The van der Waals surface area contributed by atoms with Crippen molar-refractivity contribution in [3.63, 3.8) is 0 Å². The molecule has 0 spiro atoms. The number of nitrogens with zero attached hydrogens (tertiary/aromatic N) is 1. The van der Waals surface area contributed by atoms with Crippen molar-refractivity contribution >= 4 is 75.5 Å². The van der Waals surface area contributed by atoms with Crippen LogP contribution in [0.3, 0.4) is 0 Å². The van der Waals surface area contributed by atoms with Gasteiger partial charge in [-0.25, -0.2) is 4.90 Å². The molecule has 1 aliphatic heterocycles. The number of anilines is 2. The Morgan fingerprint density at radius 2 is 1.52 bits per heavy atom. The highest BCUT2D eigenvalue weighted by Crippen LogP contribution is 2.34. The minimum atomic E-state index is -2.15. The van der Waals surface area contributed by atoms with Gasteiger partial charge in [0.1, 0.15) is 0 Å². The third-order valence-electron chi connectivity index (χ3n) is 3.51. The Bertz CT molecular complexity index is 873. The molecule has 0 aromatic heterocycles. The highest BCUT2D eigenvalue weighted by molar-refractivity contribution is 6.76. The van der Waals surface area contributed by atoms with Gasteiger partial charge in [-0.1, -0.05) is 58.5 Å². The summed E-state index contributed by atoms with van der Waals surface area (Å²) >= 11 is 22.6. The molecule has 0 bridgehead atoms. The molecule has 0 atom stereocenters. The standard InChI is InChI=1S/C16H8Cl4N2O3/c17-11-7-8(5-6-12(11)21-15(25)16(18,19)20)22-13(23)9-3-1-2-4-10(9)14(22)24/h1-7H,(H,21,25). The maximum atomic E-state index is 12.5. The van der Waals surface area contributed by atoms with Crippen molar-refractivity contribution in [1.82, 2.24) is 0 Å². The molecule has 1 aliphatic rings. The van der Waals surface area contributed by atoms with E-state index < -0.39 is 21.5 Å². The number of amides is 3. The molecule has 1 N–H and O–H groups in total. The van der Waals surface area contributed by atoms with Crippen LogP contribution in [0.25, 0.3) is 0 Å². The number of imide groups is 1. The number of carbonyl (C=O) groups excluding carboxylic acids is 3. The van der Waals surface area contributed by atoms with Crippen molar-refractivity contribution in [2.45, 2.75) is 3.79 Å². The second-order valence-corrected chi connectivity index (χ2v) is 7.80. The van der Waals surface area contributed by atoms with E-state index in [9.17, 15) is 14.4 Å². The van der Waals surface area contributed by atoms with Gasteiger partial charge in [-0.15, -0.1) is 0 Å². The molecule has 2 aromatic rings. The predicted molar refractivity (Wildman–Crippen MR) is 98.0 cm³/mol. The summed E-state index contributed by atoms with van der Waals surface area (Å²) in [5.41, 5.74) is 1.08. The van der Waals surface area contributed by atoms with Crippen molar-refractivity contribution in [3.05, 3.63) is 58.6 Å². The predicted octanol–water partition coefficient (Wildman–Crippen LogP) is 4.45. The second kappa shape index (κ2) is 6.50. The molecule has 0 unspecified atom stereocenters. The van der Waals surface area contributed by atoms with Crippen molar-refractivity contribution in [3.8, 4) is 0 Å². The summed E-state index contributed by atoms with van der Waals surface area (Å²) in [4.78, 5) is 37.6. The van der Waals surface area contributed by atoms with Gasteiger partial charge in [0.25, 0.3) is 21.5 Å². The minimum Gasteiger partial charge on any atom is -0.321 e. The Morgan fingerprint density at radius 1 is 0.960 bits per heavy atom. The second-order valence-electron chi connectivity index (χ2n) is 5.11. The lowest BCUT2D eigenvalue weighted by Crippen LogP contribution is -2.29. The van der Waals surface area contributed by atoms with Crippen LogP contribution in [-0.4, -0.2) is 21.5 Å². The number of hydrogen-bond acceptors (Lipinski definition) is 3. The fourth-order valence-corrected chi connectivity index (χ4v) is 2.73. The fraction of sp³-hybridized carbons (Fsp3) is 0.0625. The Labute approximate surface area is 162 Å². The average Bonchev–Trinajstić information content (AvgIpc) is 2.80. The first-order chi connectivity index (χ1) is 11.7. The van der Waals surface area contributed by atoms with Gasteiger partial charge in [-0.2, -0.15) is 0 Å². The number of rotatable bonds is 2. The lowest BCUT2D eigenvalue weighted by molar-refractivity contribution is -0.115. The van der Waals surface area contributed by atoms with Gasteiger partial charge in [0.15, 0.2) is 0 Å². The number of benzene rings is 2. The van der Waals surface area contributed by atoms with Gasteiger partial charge in [0, 0.05) is 0 Å². The van der Waals surface area contributed by atoms with Crippen molar-refractivity contribution in [2.24, 2.45) is 0 Å². The molecule has 0 aliphatic carbocycles. The summed E-state index contributed by atoms with van der Waals surface area (Å²) in [6.07, 6.45) is 0. The average molecular weight is 418 g/mol. The molecule has 1 heterocycles.